The second-order valence-electron chi connectivity index (χ2n) is 5.32. The third-order valence-electron chi connectivity index (χ3n) is 3.73. The number of aryl methyl sites for hydroxylation is 1. The van der Waals surface area contributed by atoms with Crippen LogP contribution in [0.3, 0.4) is 0 Å². The van der Waals surface area contributed by atoms with E-state index in [1.807, 2.05) is 37.3 Å². The lowest BCUT2D eigenvalue weighted by atomic mass is 10.2. The Kier molecular flexibility index (Phi) is 4.37. The summed E-state index contributed by atoms with van der Waals surface area (Å²) in [5, 5.41) is 6.96. The van der Waals surface area contributed by atoms with E-state index in [2.05, 4.69) is 10.4 Å². The first-order valence-electron chi connectivity index (χ1n) is 7.62. The molecule has 0 radical (unpaired) electrons. The monoisotopic (exact) mass is 325 g/mol. The highest BCUT2D eigenvalue weighted by molar-refractivity contribution is 5.95. The Morgan fingerprint density at radius 3 is 2.67 bits per heavy atom. The van der Waals surface area contributed by atoms with Crippen molar-refractivity contribution in [2.24, 2.45) is 0 Å². The van der Waals surface area contributed by atoms with Gasteiger partial charge in [0, 0.05) is 13.1 Å². The summed E-state index contributed by atoms with van der Waals surface area (Å²) in [7, 11) is 0. The predicted octanol–water partition coefficient (Wildman–Crippen LogP) is 2.49. The van der Waals surface area contributed by atoms with Crippen LogP contribution in [0.1, 0.15) is 23.0 Å². The summed E-state index contributed by atoms with van der Waals surface area (Å²) in [5.41, 5.74) is 0.614. The number of nitrogens with one attached hydrogen (secondary N) is 1. The third-order valence-corrected chi connectivity index (χ3v) is 3.73. The zero-order valence-electron chi connectivity index (χ0n) is 13.1. The van der Waals surface area contributed by atoms with Gasteiger partial charge in [-0.05, 0) is 30.7 Å². The SMILES string of the molecule is CCn1nc(C(=O)NCc2ccccc2)c(=O)c2cc(F)ccc21. The number of carbonyl (C=O) groups excluding carboxylic acids is 1. The Morgan fingerprint density at radius 2 is 1.96 bits per heavy atom. The standard InChI is InChI=1S/C18H16FN3O2/c1-2-22-15-9-8-13(19)10-14(15)17(23)16(21-22)18(24)20-11-12-6-4-3-5-7-12/h3-10H,2,11H2,1H3,(H,20,24). The molecule has 24 heavy (non-hydrogen) atoms. The molecule has 5 nitrogen and oxygen atoms in total. The molecule has 0 atom stereocenters. The van der Waals surface area contributed by atoms with Gasteiger partial charge in [-0.2, -0.15) is 5.10 Å². The Bertz CT molecular complexity index is 952. The van der Waals surface area contributed by atoms with Gasteiger partial charge in [0.15, 0.2) is 5.69 Å². The highest BCUT2D eigenvalue weighted by Crippen LogP contribution is 2.12. The number of carbonyl (C=O) groups is 1. The lowest BCUT2D eigenvalue weighted by Gasteiger charge is -2.10. The third kappa shape index (κ3) is 3.03. The second kappa shape index (κ2) is 6.62. The molecule has 0 bridgehead atoms. The Labute approximate surface area is 137 Å². The van der Waals surface area contributed by atoms with Crippen molar-refractivity contribution in [1.82, 2.24) is 15.1 Å². The molecule has 3 rings (SSSR count). The van der Waals surface area contributed by atoms with Crippen LogP contribution in [-0.4, -0.2) is 15.7 Å². The number of amides is 1. The van der Waals surface area contributed by atoms with Gasteiger partial charge in [-0.3, -0.25) is 14.3 Å². The van der Waals surface area contributed by atoms with Crippen molar-refractivity contribution >= 4 is 16.8 Å². The molecule has 2 aromatic carbocycles. The van der Waals surface area contributed by atoms with E-state index < -0.39 is 17.2 Å². The molecule has 1 aromatic heterocycles. The lowest BCUT2D eigenvalue weighted by molar-refractivity contribution is 0.0942. The smallest absolute Gasteiger partial charge is 0.276 e. The van der Waals surface area contributed by atoms with Gasteiger partial charge in [0.05, 0.1) is 10.9 Å². The number of hydrogen-bond acceptors (Lipinski definition) is 3. The summed E-state index contributed by atoms with van der Waals surface area (Å²) in [6.07, 6.45) is 0. The minimum absolute atomic E-state index is 0.150. The van der Waals surface area contributed by atoms with Crippen molar-refractivity contribution < 1.29 is 9.18 Å². The normalized spacial score (nSPS) is 10.8. The summed E-state index contributed by atoms with van der Waals surface area (Å²) in [4.78, 5) is 24.9. The summed E-state index contributed by atoms with van der Waals surface area (Å²) in [6, 6.07) is 13.2. The number of fused-ring (bicyclic) bond motifs is 1. The Balaban J connectivity index is 1.98. The average Bonchev–Trinajstić information content (AvgIpc) is 2.61. The van der Waals surface area contributed by atoms with Crippen LogP contribution in [-0.2, 0) is 13.1 Å². The number of benzene rings is 2. The minimum Gasteiger partial charge on any atom is -0.346 e. The maximum atomic E-state index is 13.5. The number of nitrogens with zero attached hydrogens (tertiary/aromatic N) is 2. The molecule has 0 fully saturated rings. The van der Waals surface area contributed by atoms with Crippen LogP contribution >= 0.6 is 0 Å². The van der Waals surface area contributed by atoms with Gasteiger partial charge in [0.1, 0.15) is 5.82 Å². The first kappa shape index (κ1) is 15.9. The van der Waals surface area contributed by atoms with Crippen molar-refractivity contribution in [3.8, 4) is 0 Å². The first-order chi connectivity index (χ1) is 11.6. The van der Waals surface area contributed by atoms with Crippen LogP contribution < -0.4 is 10.7 Å². The highest BCUT2D eigenvalue weighted by atomic mass is 19.1. The summed E-state index contributed by atoms with van der Waals surface area (Å²) < 4.78 is 15.0. The molecule has 0 aliphatic heterocycles. The van der Waals surface area contributed by atoms with Crippen molar-refractivity contribution in [2.75, 3.05) is 0 Å². The van der Waals surface area contributed by atoms with Crippen molar-refractivity contribution in [1.29, 1.82) is 0 Å². The molecule has 1 heterocycles. The molecule has 0 spiro atoms. The zero-order valence-corrected chi connectivity index (χ0v) is 13.1. The van der Waals surface area contributed by atoms with Gasteiger partial charge in [-0.15, -0.1) is 0 Å². The molecular formula is C18H16FN3O2. The van der Waals surface area contributed by atoms with E-state index in [0.29, 0.717) is 12.1 Å². The molecule has 0 saturated carbocycles. The average molecular weight is 325 g/mol. The van der Waals surface area contributed by atoms with Crippen LogP contribution in [0.2, 0.25) is 0 Å². The van der Waals surface area contributed by atoms with Crippen LogP contribution in [0.4, 0.5) is 4.39 Å². The quantitative estimate of drug-likeness (QED) is 0.801. The molecule has 0 saturated heterocycles. The van der Waals surface area contributed by atoms with Crippen molar-refractivity contribution in [3.63, 3.8) is 0 Å². The van der Waals surface area contributed by atoms with Crippen LogP contribution in [0, 0.1) is 5.82 Å². The van der Waals surface area contributed by atoms with Gasteiger partial charge in [0.25, 0.3) is 5.91 Å². The summed E-state index contributed by atoms with van der Waals surface area (Å²) in [5.74, 6) is -1.10. The molecule has 1 amide bonds. The van der Waals surface area contributed by atoms with E-state index in [1.165, 1.54) is 16.8 Å². The number of aromatic nitrogens is 2. The van der Waals surface area contributed by atoms with E-state index in [0.717, 1.165) is 11.6 Å². The van der Waals surface area contributed by atoms with Gasteiger partial charge in [-0.1, -0.05) is 30.3 Å². The molecule has 122 valence electrons. The molecule has 6 heteroatoms. The minimum atomic E-state index is -0.572. The summed E-state index contributed by atoms with van der Waals surface area (Å²) in [6.45, 7) is 2.58. The Morgan fingerprint density at radius 1 is 1.21 bits per heavy atom. The van der Waals surface area contributed by atoms with Crippen LogP contribution in [0.5, 0.6) is 0 Å². The van der Waals surface area contributed by atoms with Crippen molar-refractivity contribution in [2.45, 2.75) is 20.0 Å². The van der Waals surface area contributed by atoms with E-state index in [9.17, 15) is 14.0 Å². The number of rotatable bonds is 4. The summed E-state index contributed by atoms with van der Waals surface area (Å²) >= 11 is 0. The molecule has 1 N–H and O–H groups in total. The topological polar surface area (TPSA) is 64.0 Å². The van der Waals surface area contributed by atoms with E-state index in [-0.39, 0.29) is 17.6 Å². The van der Waals surface area contributed by atoms with Crippen LogP contribution in [0.25, 0.3) is 10.9 Å². The second-order valence-corrected chi connectivity index (χ2v) is 5.32. The highest BCUT2D eigenvalue weighted by Gasteiger charge is 2.17. The van der Waals surface area contributed by atoms with Gasteiger partial charge in [-0.25, -0.2) is 4.39 Å². The molecule has 0 aliphatic rings. The fraction of sp³-hybridized carbons (Fsp3) is 0.167. The van der Waals surface area contributed by atoms with Crippen LogP contribution in [0.15, 0.2) is 53.3 Å². The van der Waals surface area contributed by atoms with Gasteiger partial charge in [0.2, 0.25) is 5.43 Å². The van der Waals surface area contributed by atoms with E-state index >= 15 is 0 Å². The van der Waals surface area contributed by atoms with Crippen molar-refractivity contribution in [3.05, 3.63) is 75.8 Å². The predicted molar refractivity (Wildman–Crippen MR) is 89.2 cm³/mol. The Hall–Kier alpha value is -3.02. The van der Waals surface area contributed by atoms with Gasteiger partial charge >= 0.3 is 0 Å². The van der Waals surface area contributed by atoms with E-state index in [4.69, 9.17) is 0 Å². The first-order valence-corrected chi connectivity index (χ1v) is 7.62. The molecule has 0 unspecified atom stereocenters. The molecular weight excluding hydrogens is 309 g/mol. The number of halogens is 1. The zero-order chi connectivity index (χ0) is 17.1. The lowest BCUT2D eigenvalue weighted by Crippen LogP contribution is -2.31. The largest absolute Gasteiger partial charge is 0.346 e. The fourth-order valence-electron chi connectivity index (χ4n) is 2.51. The molecule has 3 aromatic rings. The maximum absolute atomic E-state index is 13.5. The van der Waals surface area contributed by atoms with E-state index in [1.54, 1.807) is 0 Å². The van der Waals surface area contributed by atoms with Gasteiger partial charge < -0.3 is 5.32 Å². The fourth-order valence-corrected chi connectivity index (χ4v) is 2.51. The number of hydrogen-bond donors (Lipinski definition) is 1. The molecule has 0 aliphatic carbocycles. The maximum Gasteiger partial charge on any atom is 0.276 e.